The van der Waals surface area contributed by atoms with Crippen LogP contribution in [0, 0.1) is 0 Å². The number of hydrogen-bond acceptors (Lipinski definition) is 4. The maximum atomic E-state index is 9.59. The van der Waals surface area contributed by atoms with Crippen LogP contribution < -0.4 is 5.32 Å². The van der Waals surface area contributed by atoms with Crippen LogP contribution in [0.2, 0.25) is 0 Å². The number of rotatable bonds is 7. The molecule has 0 aromatic carbocycles. The van der Waals surface area contributed by atoms with Crippen molar-refractivity contribution in [2.24, 2.45) is 0 Å². The molecule has 0 rings (SSSR count). The highest BCUT2D eigenvalue weighted by Crippen LogP contribution is 2.07. The summed E-state index contributed by atoms with van der Waals surface area (Å²) in [5.41, 5.74) is -0.271. The molecule has 0 spiro atoms. The van der Waals surface area contributed by atoms with Crippen molar-refractivity contribution in [2.45, 2.75) is 31.9 Å². The minimum atomic E-state index is -0.387. The fourth-order valence-corrected chi connectivity index (χ4v) is 1.14. The number of β-amino-alcohol motifs (C(OH)–C–C–N with tert-alkyl or cyclic N) is 1. The Morgan fingerprint density at radius 2 is 2.00 bits per heavy atom. The van der Waals surface area contributed by atoms with Gasteiger partial charge in [-0.3, -0.25) is 0 Å². The molecule has 0 fully saturated rings. The topological polar surface area (TPSA) is 55.7 Å². The Balaban J connectivity index is 3.79. The van der Waals surface area contributed by atoms with Crippen LogP contribution in [-0.2, 0) is 0 Å². The molecule has 0 bridgehead atoms. The zero-order valence-electron chi connectivity index (χ0n) is 9.75. The number of hydrogen-bond donors (Lipinski definition) is 3. The third kappa shape index (κ3) is 5.54. The van der Waals surface area contributed by atoms with Gasteiger partial charge in [-0.1, -0.05) is 6.92 Å². The van der Waals surface area contributed by atoms with E-state index in [1.165, 1.54) is 0 Å². The van der Waals surface area contributed by atoms with Crippen LogP contribution in [0.5, 0.6) is 0 Å². The lowest BCUT2D eigenvalue weighted by atomic mass is 10.00. The number of nitrogens with zero attached hydrogens (tertiary/aromatic N) is 1. The average Bonchev–Trinajstić information content (AvgIpc) is 2.13. The van der Waals surface area contributed by atoms with E-state index in [0.29, 0.717) is 13.1 Å². The molecule has 0 aliphatic rings. The highest BCUT2D eigenvalue weighted by atomic mass is 16.3. The van der Waals surface area contributed by atoms with E-state index >= 15 is 0 Å². The predicted molar refractivity (Wildman–Crippen MR) is 58.3 cm³/mol. The first-order valence-electron chi connectivity index (χ1n) is 5.12. The van der Waals surface area contributed by atoms with Gasteiger partial charge in [0.2, 0.25) is 0 Å². The SMILES string of the molecule is CCC(C)(CO)NCC(O)CN(C)C. The Morgan fingerprint density at radius 1 is 1.43 bits per heavy atom. The second-order valence-electron chi connectivity index (χ2n) is 4.37. The van der Waals surface area contributed by atoms with Crippen LogP contribution in [0.25, 0.3) is 0 Å². The lowest BCUT2D eigenvalue weighted by molar-refractivity contribution is 0.106. The van der Waals surface area contributed by atoms with E-state index < -0.39 is 0 Å². The summed E-state index contributed by atoms with van der Waals surface area (Å²) in [5.74, 6) is 0. The second kappa shape index (κ2) is 6.35. The molecule has 0 aliphatic carbocycles. The van der Waals surface area contributed by atoms with Crippen molar-refractivity contribution in [3.05, 3.63) is 0 Å². The van der Waals surface area contributed by atoms with Gasteiger partial charge in [-0.15, -0.1) is 0 Å². The molecule has 4 heteroatoms. The van der Waals surface area contributed by atoms with Crippen LogP contribution in [0.15, 0.2) is 0 Å². The minimum Gasteiger partial charge on any atom is -0.394 e. The molecule has 0 saturated carbocycles. The summed E-state index contributed by atoms with van der Waals surface area (Å²) in [5, 5.41) is 21.9. The molecule has 0 radical (unpaired) electrons. The predicted octanol–water partition coefficient (Wildman–Crippen LogP) is -0.340. The molecule has 0 aromatic heterocycles. The Morgan fingerprint density at radius 3 is 2.36 bits per heavy atom. The molecule has 2 atom stereocenters. The number of aliphatic hydroxyl groups is 2. The monoisotopic (exact) mass is 204 g/mol. The van der Waals surface area contributed by atoms with Crippen molar-refractivity contribution in [1.82, 2.24) is 10.2 Å². The fourth-order valence-electron chi connectivity index (χ4n) is 1.14. The van der Waals surface area contributed by atoms with Gasteiger partial charge < -0.3 is 20.4 Å². The molecule has 0 amide bonds. The zero-order chi connectivity index (χ0) is 11.2. The van der Waals surface area contributed by atoms with Gasteiger partial charge in [0.25, 0.3) is 0 Å². The maximum absolute atomic E-state index is 9.59. The molecular formula is C10H24N2O2. The zero-order valence-corrected chi connectivity index (χ0v) is 9.75. The van der Waals surface area contributed by atoms with Crippen molar-refractivity contribution < 1.29 is 10.2 Å². The van der Waals surface area contributed by atoms with E-state index in [-0.39, 0.29) is 18.2 Å². The molecular weight excluding hydrogens is 180 g/mol. The summed E-state index contributed by atoms with van der Waals surface area (Å²) < 4.78 is 0. The van der Waals surface area contributed by atoms with Crippen molar-refractivity contribution in [3.8, 4) is 0 Å². The summed E-state index contributed by atoms with van der Waals surface area (Å²) >= 11 is 0. The third-order valence-corrected chi connectivity index (χ3v) is 2.47. The molecule has 86 valence electrons. The van der Waals surface area contributed by atoms with Crippen LogP contribution >= 0.6 is 0 Å². The molecule has 14 heavy (non-hydrogen) atoms. The quantitative estimate of drug-likeness (QED) is 0.531. The molecule has 0 aromatic rings. The van der Waals surface area contributed by atoms with E-state index in [1.807, 2.05) is 32.8 Å². The molecule has 3 N–H and O–H groups in total. The van der Waals surface area contributed by atoms with E-state index in [9.17, 15) is 5.11 Å². The van der Waals surface area contributed by atoms with E-state index in [0.717, 1.165) is 6.42 Å². The largest absolute Gasteiger partial charge is 0.394 e. The summed E-state index contributed by atoms with van der Waals surface area (Å²) in [6.07, 6.45) is 0.459. The summed E-state index contributed by atoms with van der Waals surface area (Å²) in [6.45, 7) is 5.22. The Bertz CT molecular complexity index is 147. The lowest BCUT2D eigenvalue weighted by Gasteiger charge is -2.29. The maximum Gasteiger partial charge on any atom is 0.0791 e. The van der Waals surface area contributed by atoms with Crippen molar-refractivity contribution in [2.75, 3.05) is 33.8 Å². The highest BCUT2D eigenvalue weighted by molar-refractivity contribution is 4.81. The first-order chi connectivity index (χ1) is 6.43. The van der Waals surface area contributed by atoms with Crippen LogP contribution in [0.4, 0.5) is 0 Å². The Hall–Kier alpha value is -0.160. The summed E-state index contributed by atoms with van der Waals surface area (Å²) in [6, 6.07) is 0. The van der Waals surface area contributed by atoms with Crippen molar-refractivity contribution in [1.29, 1.82) is 0 Å². The van der Waals surface area contributed by atoms with Crippen LogP contribution in [-0.4, -0.2) is 60.5 Å². The van der Waals surface area contributed by atoms with Gasteiger partial charge in [0.05, 0.1) is 12.7 Å². The van der Waals surface area contributed by atoms with Gasteiger partial charge in [0.15, 0.2) is 0 Å². The highest BCUT2D eigenvalue weighted by Gasteiger charge is 2.21. The smallest absolute Gasteiger partial charge is 0.0791 e. The standard InChI is InChI=1S/C10H24N2O2/c1-5-10(2,8-13)11-6-9(14)7-12(3)4/h9,11,13-14H,5-8H2,1-4H3. The number of nitrogens with one attached hydrogen (secondary N) is 1. The van der Waals surface area contributed by atoms with Gasteiger partial charge in [0, 0.05) is 18.6 Å². The van der Waals surface area contributed by atoms with Gasteiger partial charge in [-0.05, 0) is 27.4 Å². The normalized spacial score (nSPS) is 18.2. The lowest BCUT2D eigenvalue weighted by Crippen LogP contribution is -2.49. The van der Waals surface area contributed by atoms with Crippen molar-refractivity contribution in [3.63, 3.8) is 0 Å². The average molecular weight is 204 g/mol. The summed E-state index contributed by atoms with van der Waals surface area (Å²) in [7, 11) is 3.85. The van der Waals surface area contributed by atoms with Gasteiger partial charge >= 0.3 is 0 Å². The van der Waals surface area contributed by atoms with Gasteiger partial charge in [-0.2, -0.15) is 0 Å². The first kappa shape index (κ1) is 13.8. The van der Waals surface area contributed by atoms with E-state index in [1.54, 1.807) is 0 Å². The first-order valence-corrected chi connectivity index (χ1v) is 5.12. The van der Waals surface area contributed by atoms with Gasteiger partial charge in [-0.25, -0.2) is 0 Å². The molecule has 2 unspecified atom stereocenters. The Labute approximate surface area is 86.9 Å². The molecule has 0 heterocycles. The minimum absolute atomic E-state index is 0.0954. The number of aliphatic hydroxyl groups excluding tert-OH is 2. The van der Waals surface area contributed by atoms with Gasteiger partial charge in [0.1, 0.15) is 0 Å². The fraction of sp³-hybridized carbons (Fsp3) is 1.00. The Kier molecular flexibility index (Phi) is 6.27. The van der Waals surface area contributed by atoms with E-state index in [2.05, 4.69) is 5.32 Å². The van der Waals surface area contributed by atoms with E-state index in [4.69, 9.17) is 5.11 Å². The molecule has 0 saturated heterocycles. The van der Waals surface area contributed by atoms with Crippen molar-refractivity contribution >= 4 is 0 Å². The molecule has 0 aliphatic heterocycles. The van der Waals surface area contributed by atoms with Crippen LogP contribution in [0.3, 0.4) is 0 Å². The van der Waals surface area contributed by atoms with Crippen LogP contribution in [0.1, 0.15) is 20.3 Å². The second-order valence-corrected chi connectivity index (χ2v) is 4.37. The summed E-state index contributed by atoms with van der Waals surface area (Å²) in [4.78, 5) is 1.94. The third-order valence-electron chi connectivity index (χ3n) is 2.47. The number of likely N-dealkylation sites (N-methyl/N-ethyl adjacent to an activating group) is 1. The molecule has 4 nitrogen and oxygen atoms in total.